The molecule has 31 heavy (non-hydrogen) atoms. The fourth-order valence-electron chi connectivity index (χ4n) is 4.93. The third-order valence-electron chi connectivity index (χ3n) is 6.29. The minimum absolute atomic E-state index is 0.153. The van der Waals surface area contributed by atoms with E-state index < -0.39 is 0 Å². The van der Waals surface area contributed by atoms with E-state index in [0.29, 0.717) is 12.0 Å². The summed E-state index contributed by atoms with van der Waals surface area (Å²) in [4.78, 5) is 21.2. The number of thiazole rings is 1. The molecule has 0 radical (unpaired) electrons. The highest BCUT2D eigenvalue weighted by atomic mass is 32.1. The lowest BCUT2D eigenvalue weighted by molar-refractivity contribution is 0.467. The van der Waals surface area contributed by atoms with Crippen molar-refractivity contribution in [2.24, 2.45) is 0 Å². The lowest BCUT2D eigenvalue weighted by Crippen LogP contribution is -2.42. The predicted molar refractivity (Wildman–Crippen MR) is 118 cm³/mol. The Bertz CT molecular complexity index is 1220. The summed E-state index contributed by atoms with van der Waals surface area (Å²) in [6.07, 6.45) is 13.2. The number of aromatic nitrogens is 8. The van der Waals surface area contributed by atoms with E-state index in [0.717, 1.165) is 40.4 Å². The Morgan fingerprint density at radius 1 is 1.10 bits per heavy atom. The van der Waals surface area contributed by atoms with E-state index in [1.165, 1.54) is 25.7 Å². The molecule has 2 aliphatic rings. The second kappa shape index (κ2) is 7.23. The summed E-state index contributed by atoms with van der Waals surface area (Å²) in [7, 11) is 0. The summed E-state index contributed by atoms with van der Waals surface area (Å²) in [5, 5.41) is 11.7. The molecular formula is C21H23N9S. The third-order valence-corrected chi connectivity index (χ3v) is 7.06. The van der Waals surface area contributed by atoms with Crippen molar-refractivity contribution in [3.8, 4) is 22.5 Å². The van der Waals surface area contributed by atoms with Gasteiger partial charge in [-0.05, 0) is 26.2 Å². The summed E-state index contributed by atoms with van der Waals surface area (Å²) in [5.41, 5.74) is 0.953. The fraction of sp³-hybridized carbons (Fsp3) is 0.429. The molecule has 0 amide bonds. The van der Waals surface area contributed by atoms with Crippen molar-refractivity contribution in [2.75, 3.05) is 4.90 Å². The molecule has 4 aromatic heterocycles. The second-order valence-corrected chi connectivity index (χ2v) is 8.94. The normalized spacial score (nSPS) is 18.4. The van der Waals surface area contributed by atoms with Crippen LogP contribution in [-0.2, 0) is 0 Å². The van der Waals surface area contributed by atoms with Gasteiger partial charge in [0.2, 0.25) is 5.95 Å². The molecule has 6 rings (SSSR count). The van der Waals surface area contributed by atoms with Crippen LogP contribution in [0.3, 0.4) is 0 Å². The SMILES string of the molecule is CCC1c2nnc(C)n2-c2cnc(-n3ccnc3-c3nccs3)nc2N1C1CCCC1. The van der Waals surface area contributed by atoms with E-state index in [1.807, 2.05) is 29.3 Å². The van der Waals surface area contributed by atoms with Crippen LogP contribution in [-0.4, -0.2) is 45.3 Å². The Balaban J connectivity index is 1.54. The maximum Gasteiger partial charge on any atom is 0.237 e. The largest absolute Gasteiger partial charge is 0.341 e. The standard InChI is InChI=1S/C21H23N9S/c1-3-15-18-27-26-13(2)29(18)16-12-24-21(25-17(16)30(15)14-6-4-5-7-14)28-10-8-22-19(28)20-23-9-11-31-20/h8-12,14-15H,3-7H2,1-2H3. The Kier molecular flexibility index (Phi) is 4.34. The number of hydrogen-bond acceptors (Lipinski definition) is 8. The van der Waals surface area contributed by atoms with Crippen LogP contribution in [0.2, 0.25) is 0 Å². The average molecular weight is 434 g/mol. The molecule has 4 aromatic rings. The van der Waals surface area contributed by atoms with Crippen LogP contribution < -0.4 is 4.90 Å². The molecule has 1 atom stereocenters. The molecule has 1 saturated carbocycles. The maximum atomic E-state index is 5.11. The molecule has 0 aromatic carbocycles. The minimum Gasteiger partial charge on any atom is -0.341 e. The number of fused-ring (bicyclic) bond motifs is 3. The minimum atomic E-state index is 0.153. The molecule has 5 heterocycles. The summed E-state index contributed by atoms with van der Waals surface area (Å²) in [5.74, 6) is 4.17. The van der Waals surface area contributed by atoms with Gasteiger partial charge in [-0.25, -0.2) is 15.0 Å². The van der Waals surface area contributed by atoms with E-state index in [-0.39, 0.29) is 6.04 Å². The van der Waals surface area contributed by atoms with E-state index in [9.17, 15) is 0 Å². The van der Waals surface area contributed by atoms with Crippen LogP contribution in [0.5, 0.6) is 0 Å². The van der Waals surface area contributed by atoms with Crippen molar-refractivity contribution >= 4 is 17.2 Å². The smallest absolute Gasteiger partial charge is 0.237 e. The molecule has 1 fully saturated rings. The summed E-state index contributed by atoms with van der Waals surface area (Å²) in [6.45, 7) is 4.20. The van der Waals surface area contributed by atoms with Crippen LogP contribution in [0.25, 0.3) is 22.5 Å². The summed E-state index contributed by atoms with van der Waals surface area (Å²) >= 11 is 1.56. The lowest BCUT2D eigenvalue weighted by Gasteiger charge is -2.41. The van der Waals surface area contributed by atoms with Gasteiger partial charge in [-0.2, -0.15) is 4.98 Å². The van der Waals surface area contributed by atoms with Gasteiger partial charge in [-0.1, -0.05) is 19.8 Å². The lowest BCUT2D eigenvalue weighted by atomic mass is 10.0. The summed E-state index contributed by atoms with van der Waals surface area (Å²) < 4.78 is 4.04. The highest BCUT2D eigenvalue weighted by Crippen LogP contribution is 2.43. The zero-order valence-electron chi connectivity index (χ0n) is 17.5. The van der Waals surface area contributed by atoms with E-state index in [2.05, 4.69) is 36.6 Å². The quantitative estimate of drug-likeness (QED) is 0.482. The first kappa shape index (κ1) is 18.6. The van der Waals surface area contributed by atoms with Gasteiger partial charge < -0.3 is 4.90 Å². The second-order valence-electron chi connectivity index (χ2n) is 8.05. The molecule has 1 unspecified atom stereocenters. The molecular weight excluding hydrogens is 410 g/mol. The highest BCUT2D eigenvalue weighted by Gasteiger charge is 2.39. The third kappa shape index (κ3) is 2.81. The molecule has 0 N–H and O–H groups in total. The van der Waals surface area contributed by atoms with Gasteiger partial charge in [0.05, 0.1) is 12.2 Å². The van der Waals surface area contributed by atoms with E-state index in [1.54, 1.807) is 23.7 Å². The molecule has 0 saturated heterocycles. The average Bonchev–Trinajstić information content (AvgIpc) is 3.59. The Morgan fingerprint density at radius 2 is 1.97 bits per heavy atom. The zero-order chi connectivity index (χ0) is 20.9. The van der Waals surface area contributed by atoms with Gasteiger partial charge in [-0.3, -0.25) is 9.13 Å². The first-order chi connectivity index (χ1) is 15.3. The summed E-state index contributed by atoms with van der Waals surface area (Å²) in [6, 6.07) is 0.610. The van der Waals surface area contributed by atoms with Crippen LogP contribution >= 0.6 is 11.3 Å². The number of rotatable bonds is 4. The van der Waals surface area contributed by atoms with Crippen LogP contribution in [0.1, 0.15) is 56.7 Å². The van der Waals surface area contributed by atoms with Gasteiger partial charge >= 0.3 is 0 Å². The van der Waals surface area contributed by atoms with Gasteiger partial charge in [0.15, 0.2) is 22.5 Å². The van der Waals surface area contributed by atoms with Crippen molar-refractivity contribution < 1.29 is 0 Å². The zero-order valence-corrected chi connectivity index (χ0v) is 18.3. The van der Waals surface area contributed by atoms with E-state index >= 15 is 0 Å². The van der Waals surface area contributed by atoms with Gasteiger partial charge in [0.25, 0.3) is 0 Å². The Morgan fingerprint density at radius 3 is 2.74 bits per heavy atom. The number of aryl methyl sites for hydroxylation is 1. The van der Waals surface area contributed by atoms with Gasteiger partial charge in [-0.15, -0.1) is 21.5 Å². The first-order valence-corrected chi connectivity index (χ1v) is 11.7. The molecule has 0 spiro atoms. The fourth-order valence-corrected chi connectivity index (χ4v) is 5.56. The van der Waals surface area contributed by atoms with Crippen molar-refractivity contribution in [1.82, 2.24) is 39.3 Å². The molecule has 1 aliphatic carbocycles. The maximum absolute atomic E-state index is 5.11. The number of nitrogens with zero attached hydrogens (tertiary/aromatic N) is 9. The molecule has 1 aliphatic heterocycles. The number of anilines is 1. The number of imidazole rings is 1. The van der Waals surface area contributed by atoms with Crippen molar-refractivity contribution in [1.29, 1.82) is 0 Å². The van der Waals surface area contributed by atoms with Crippen LogP contribution in [0.4, 0.5) is 5.82 Å². The van der Waals surface area contributed by atoms with Gasteiger partial charge in [0, 0.05) is 30.0 Å². The monoisotopic (exact) mass is 433 g/mol. The number of hydrogen-bond donors (Lipinski definition) is 0. The van der Waals surface area contributed by atoms with Crippen molar-refractivity contribution in [3.63, 3.8) is 0 Å². The molecule has 158 valence electrons. The van der Waals surface area contributed by atoms with Gasteiger partial charge in [0.1, 0.15) is 11.5 Å². The predicted octanol–water partition coefficient (Wildman–Crippen LogP) is 3.89. The molecule has 10 heteroatoms. The highest BCUT2D eigenvalue weighted by molar-refractivity contribution is 7.13. The van der Waals surface area contributed by atoms with Crippen LogP contribution in [0, 0.1) is 6.92 Å². The van der Waals surface area contributed by atoms with Crippen molar-refractivity contribution in [3.05, 3.63) is 41.8 Å². The Labute approximate surface area is 183 Å². The Hall–Kier alpha value is -3.14. The van der Waals surface area contributed by atoms with Crippen molar-refractivity contribution in [2.45, 2.75) is 58.0 Å². The topological polar surface area (TPSA) is 90.4 Å². The molecule has 9 nitrogen and oxygen atoms in total. The van der Waals surface area contributed by atoms with Crippen LogP contribution in [0.15, 0.2) is 30.2 Å². The van der Waals surface area contributed by atoms with E-state index in [4.69, 9.17) is 9.97 Å². The first-order valence-electron chi connectivity index (χ1n) is 10.8. The molecule has 0 bridgehead atoms.